The van der Waals surface area contributed by atoms with Crippen LogP contribution in [0.2, 0.25) is 5.02 Å². The fourth-order valence-electron chi connectivity index (χ4n) is 1.78. The minimum atomic E-state index is -0.425. The van der Waals surface area contributed by atoms with Crippen LogP contribution in [0.1, 0.15) is 11.1 Å². The van der Waals surface area contributed by atoms with Crippen LogP contribution in [0, 0.1) is 17.0 Å². The third kappa shape index (κ3) is 3.21. The molecule has 0 saturated carbocycles. The molecule has 2 aromatic carbocycles. The van der Waals surface area contributed by atoms with Gasteiger partial charge in [0.2, 0.25) is 0 Å². The van der Waals surface area contributed by atoms with Gasteiger partial charge in [0.1, 0.15) is 11.5 Å². The molecule has 0 amide bonds. The quantitative estimate of drug-likeness (QED) is 0.449. The lowest BCUT2D eigenvalue weighted by Crippen LogP contribution is -1.94. The lowest BCUT2D eigenvalue weighted by molar-refractivity contribution is -0.385. The van der Waals surface area contributed by atoms with E-state index >= 15 is 0 Å². The number of benzene rings is 2. The Kier molecular flexibility index (Phi) is 4.47. The zero-order valence-electron chi connectivity index (χ0n) is 10.6. The highest BCUT2D eigenvalue weighted by atomic mass is 35.5. The van der Waals surface area contributed by atoms with Gasteiger partial charge in [0, 0.05) is 22.2 Å². The van der Waals surface area contributed by atoms with Gasteiger partial charge >= 0.3 is 0 Å². The Hall–Kier alpha value is -1.78. The Morgan fingerprint density at radius 1 is 1.25 bits per heavy atom. The standard InChI is InChI=1S/C14H11Cl2NO3/c1-9-6-12(3-4-13(9)17(18)19)20-14-5-2-11(16)7-10(14)8-15/h2-7H,8H2,1H3. The SMILES string of the molecule is Cc1cc(Oc2ccc(Cl)cc2CCl)ccc1[N+](=O)[O-]. The number of aryl methyl sites for hydroxylation is 1. The Labute approximate surface area is 126 Å². The Bertz CT molecular complexity index is 659. The fourth-order valence-corrected chi connectivity index (χ4v) is 2.18. The lowest BCUT2D eigenvalue weighted by Gasteiger charge is -2.10. The largest absolute Gasteiger partial charge is 0.457 e. The summed E-state index contributed by atoms with van der Waals surface area (Å²) in [6.07, 6.45) is 0. The van der Waals surface area contributed by atoms with Gasteiger partial charge in [-0.15, -0.1) is 11.6 Å². The maximum absolute atomic E-state index is 10.8. The second kappa shape index (κ2) is 6.11. The molecule has 4 nitrogen and oxygen atoms in total. The van der Waals surface area contributed by atoms with E-state index in [2.05, 4.69) is 0 Å². The van der Waals surface area contributed by atoms with Crippen LogP contribution in [0.4, 0.5) is 5.69 Å². The van der Waals surface area contributed by atoms with Gasteiger partial charge in [-0.2, -0.15) is 0 Å². The zero-order chi connectivity index (χ0) is 14.7. The first-order valence-corrected chi connectivity index (χ1v) is 6.70. The van der Waals surface area contributed by atoms with Gasteiger partial charge in [-0.1, -0.05) is 11.6 Å². The van der Waals surface area contributed by atoms with Gasteiger partial charge < -0.3 is 4.74 Å². The van der Waals surface area contributed by atoms with Gasteiger partial charge in [-0.3, -0.25) is 10.1 Å². The van der Waals surface area contributed by atoms with Gasteiger partial charge in [-0.05, 0) is 37.3 Å². The second-order valence-corrected chi connectivity index (χ2v) is 4.90. The van der Waals surface area contributed by atoms with Crippen LogP contribution in [-0.2, 0) is 5.88 Å². The average molecular weight is 312 g/mol. The van der Waals surface area contributed by atoms with Crippen molar-refractivity contribution in [1.29, 1.82) is 0 Å². The summed E-state index contributed by atoms with van der Waals surface area (Å²) in [6, 6.07) is 9.73. The molecule has 0 bridgehead atoms. The zero-order valence-corrected chi connectivity index (χ0v) is 12.1. The normalized spacial score (nSPS) is 10.3. The van der Waals surface area contributed by atoms with Crippen LogP contribution < -0.4 is 4.74 Å². The first-order valence-electron chi connectivity index (χ1n) is 5.78. The Morgan fingerprint density at radius 3 is 2.60 bits per heavy atom. The Balaban J connectivity index is 2.31. The number of nitro groups is 1. The first-order chi connectivity index (χ1) is 9.51. The third-order valence-corrected chi connectivity index (χ3v) is 3.28. The van der Waals surface area contributed by atoms with Crippen LogP contribution in [0.5, 0.6) is 11.5 Å². The number of alkyl halides is 1. The summed E-state index contributed by atoms with van der Waals surface area (Å²) in [4.78, 5) is 10.3. The average Bonchev–Trinajstić information content (AvgIpc) is 2.40. The smallest absolute Gasteiger partial charge is 0.272 e. The van der Waals surface area contributed by atoms with Crippen LogP contribution in [0.3, 0.4) is 0 Å². The number of halogens is 2. The molecule has 0 aliphatic rings. The summed E-state index contributed by atoms with van der Waals surface area (Å²) in [6.45, 7) is 1.66. The molecule has 0 spiro atoms. The van der Waals surface area contributed by atoms with Crippen molar-refractivity contribution in [3.8, 4) is 11.5 Å². The minimum absolute atomic E-state index is 0.0611. The van der Waals surface area contributed by atoms with Gasteiger partial charge in [0.05, 0.1) is 10.8 Å². The maximum atomic E-state index is 10.8. The number of ether oxygens (including phenoxy) is 1. The van der Waals surface area contributed by atoms with Crippen molar-refractivity contribution in [2.45, 2.75) is 12.8 Å². The fraction of sp³-hybridized carbons (Fsp3) is 0.143. The molecule has 0 unspecified atom stereocenters. The van der Waals surface area contributed by atoms with Gasteiger partial charge in [0.25, 0.3) is 5.69 Å². The number of hydrogen-bond acceptors (Lipinski definition) is 3. The van der Waals surface area contributed by atoms with E-state index in [1.54, 1.807) is 37.3 Å². The minimum Gasteiger partial charge on any atom is -0.457 e. The van der Waals surface area contributed by atoms with E-state index < -0.39 is 4.92 Å². The molecule has 0 saturated heterocycles. The van der Waals surface area contributed by atoms with Crippen LogP contribution in [0.15, 0.2) is 36.4 Å². The van der Waals surface area contributed by atoms with E-state index in [0.717, 1.165) is 5.56 Å². The number of nitrogens with zero attached hydrogens (tertiary/aromatic N) is 1. The monoisotopic (exact) mass is 311 g/mol. The Morgan fingerprint density at radius 2 is 2.00 bits per heavy atom. The molecule has 0 N–H and O–H groups in total. The molecule has 6 heteroatoms. The maximum Gasteiger partial charge on any atom is 0.272 e. The molecule has 0 aromatic heterocycles. The topological polar surface area (TPSA) is 52.4 Å². The molecular formula is C14H11Cl2NO3. The molecule has 0 heterocycles. The summed E-state index contributed by atoms with van der Waals surface area (Å²) in [7, 11) is 0. The molecule has 0 fully saturated rings. The molecular weight excluding hydrogens is 301 g/mol. The second-order valence-electron chi connectivity index (χ2n) is 4.19. The number of rotatable bonds is 4. The molecule has 104 valence electrons. The number of nitro benzene ring substituents is 1. The van der Waals surface area contributed by atoms with Crippen molar-refractivity contribution in [2.75, 3.05) is 0 Å². The summed E-state index contributed by atoms with van der Waals surface area (Å²) < 4.78 is 5.71. The summed E-state index contributed by atoms with van der Waals surface area (Å²) in [5, 5.41) is 11.3. The molecule has 0 atom stereocenters. The van der Waals surface area contributed by atoms with Crippen molar-refractivity contribution in [2.24, 2.45) is 0 Å². The molecule has 0 radical (unpaired) electrons. The van der Waals surface area contributed by atoms with E-state index in [0.29, 0.717) is 22.1 Å². The summed E-state index contributed by atoms with van der Waals surface area (Å²) >= 11 is 11.7. The summed E-state index contributed by atoms with van der Waals surface area (Å²) in [5.74, 6) is 1.36. The van der Waals surface area contributed by atoms with Gasteiger partial charge in [0.15, 0.2) is 0 Å². The summed E-state index contributed by atoms with van der Waals surface area (Å²) in [5.41, 5.74) is 1.36. The van der Waals surface area contributed by atoms with E-state index in [4.69, 9.17) is 27.9 Å². The van der Waals surface area contributed by atoms with Crippen molar-refractivity contribution >= 4 is 28.9 Å². The van der Waals surface area contributed by atoms with Crippen LogP contribution in [-0.4, -0.2) is 4.92 Å². The highest BCUT2D eigenvalue weighted by Crippen LogP contribution is 2.31. The van der Waals surface area contributed by atoms with Crippen molar-refractivity contribution in [1.82, 2.24) is 0 Å². The van der Waals surface area contributed by atoms with E-state index in [-0.39, 0.29) is 11.6 Å². The third-order valence-electron chi connectivity index (χ3n) is 2.76. The molecule has 20 heavy (non-hydrogen) atoms. The van der Waals surface area contributed by atoms with E-state index in [1.807, 2.05) is 0 Å². The molecule has 2 aromatic rings. The predicted molar refractivity (Wildman–Crippen MR) is 78.9 cm³/mol. The molecule has 2 rings (SSSR count). The lowest BCUT2D eigenvalue weighted by atomic mass is 10.2. The van der Waals surface area contributed by atoms with Gasteiger partial charge in [-0.25, -0.2) is 0 Å². The van der Waals surface area contributed by atoms with Crippen LogP contribution in [0.25, 0.3) is 0 Å². The van der Waals surface area contributed by atoms with Crippen LogP contribution >= 0.6 is 23.2 Å². The van der Waals surface area contributed by atoms with Crippen molar-refractivity contribution < 1.29 is 9.66 Å². The molecule has 0 aliphatic heterocycles. The highest BCUT2D eigenvalue weighted by Gasteiger charge is 2.12. The molecule has 0 aliphatic carbocycles. The van der Waals surface area contributed by atoms with E-state index in [9.17, 15) is 10.1 Å². The van der Waals surface area contributed by atoms with Crippen molar-refractivity contribution in [3.63, 3.8) is 0 Å². The number of hydrogen-bond donors (Lipinski definition) is 0. The highest BCUT2D eigenvalue weighted by molar-refractivity contribution is 6.30. The van der Waals surface area contributed by atoms with E-state index in [1.165, 1.54) is 6.07 Å². The predicted octanol–water partition coefficient (Wildman–Crippen LogP) is 5.09. The first kappa shape index (κ1) is 14.6. The van der Waals surface area contributed by atoms with Crippen molar-refractivity contribution in [3.05, 3.63) is 62.7 Å².